The molecule has 3 fully saturated rings. The van der Waals surface area contributed by atoms with Gasteiger partial charge in [0.2, 0.25) is 5.91 Å². The van der Waals surface area contributed by atoms with Gasteiger partial charge >= 0.3 is 12.1 Å². The molecule has 0 aromatic rings. The fraction of sp³-hybridized carbons (Fsp3) is 0.833. The lowest BCUT2D eigenvalue weighted by Crippen LogP contribution is -2.56. The van der Waals surface area contributed by atoms with Crippen molar-refractivity contribution < 1.29 is 24.2 Å². The SMILES string of the molecule is CC(C)(C)OC(=O)N[C@H]1C[C@@H]2C[C@]2(C)C[C@H]2CC[C@@H](C(=O)O)N2C1=O. The number of hydrogen-bond acceptors (Lipinski definition) is 4. The highest BCUT2D eigenvalue weighted by molar-refractivity contribution is 5.90. The van der Waals surface area contributed by atoms with E-state index in [9.17, 15) is 19.5 Å². The molecule has 0 aromatic heterocycles. The quantitative estimate of drug-likeness (QED) is 0.794. The van der Waals surface area contributed by atoms with Crippen LogP contribution in [0.15, 0.2) is 0 Å². The van der Waals surface area contributed by atoms with Crippen LogP contribution in [0.2, 0.25) is 0 Å². The van der Waals surface area contributed by atoms with Crippen molar-refractivity contribution >= 4 is 18.0 Å². The van der Waals surface area contributed by atoms with Gasteiger partial charge in [-0.15, -0.1) is 0 Å². The fourth-order valence-corrected chi connectivity index (χ4v) is 4.46. The first-order valence-electron chi connectivity index (χ1n) is 9.05. The van der Waals surface area contributed by atoms with Gasteiger partial charge in [0.25, 0.3) is 0 Å². The molecule has 0 aromatic carbocycles. The van der Waals surface area contributed by atoms with E-state index in [1.807, 2.05) is 0 Å². The van der Waals surface area contributed by atoms with E-state index in [1.54, 1.807) is 20.8 Å². The van der Waals surface area contributed by atoms with Gasteiger partial charge in [-0.1, -0.05) is 6.92 Å². The zero-order chi connectivity index (χ0) is 18.6. The van der Waals surface area contributed by atoms with Crippen LogP contribution in [-0.4, -0.2) is 51.7 Å². The monoisotopic (exact) mass is 352 g/mol. The van der Waals surface area contributed by atoms with Crippen LogP contribution in [0.1, 0.15) is 59.8 Å². The van der Waals surface area contributed by atoms with E-state index in [0.717, 1.165) is 12.8 Å². The van der Waals surface area contributed by atoms with Crippen molar-refractivity contribution in [2.75, 3.05) is 0 Å². The highest BCUT2D eigenvalue weighted by Crippen LogP contribution is 2.60. The van der Waals surface area contributed by atoms with Gasteiger partial charge in [-0.25, -0.2) is 9.59 Å². The molecule has 7 heteroatoms. The first kappa shape index (κ1) is 18.0. The van der Waals surface area contributed by atoms with Gasteiger partial charge in [-0.3, -0.25) is 4.79 Å². The fourth-order valence-electron chi connectivity index (χ4n) is 4.46. The summed E-state index contributed by atoms with van der Waals surface area (Å²) in [5, 5.41) is 12.2. The second-order valence-corrected chi connectivity index (χ2v) is 9.02. The summed E-state index contributed by atoms with van der Waals surface area (Å²) in [7, 11) is 0. The van der Waals surface area contributed by atoms with Crippen LogP contribution >= 0.6 is 0 Å². The van der Waals surface area contributed by atoms with E-state index >= 15 is 0 Å². The summed E-state index contributed by atoms with van der Waals surface area (Å²) < 4.78 is 5.28. The third-order valence-corrected chi connectivity index (χ3v) is 5.79. The van der Waals surface area contributed by atoms with Gasteiger partial charge in [0.05, 0.1) is 0 Å². The molecule has 25 heavy (non-hydrogen) atoms. The highest BCUT2D eigenvalue weighted by atomic mass is 16.6. The third-order valence-electron chi connectivity index (χ3n) is 5.79. The molecule has 1 saturated carbocycles. The average Bonchev–Trinajstić information content (AvgIpc) is 2.89. The van der Waals surface area contributed by atoms with E-state index < -0.39 is 29.7 Å². The predicted molar refractivity (Wildman–Crippen MR) is 89.9 cm³/mol. The van der Waals surface area contributed by atoms with E-state index in [2.05, 4.69) is 12.2 Å². The van der Waals surface area contributed by atoms with Crippen molar-refractivity contribution in [1.82, 2.24) is 10.2 Å². The molecule has 2 heterocycles. The molecule has 0 unspecified atom stereocenters. The molecule has 2 amide bonds. The number of fused-ring (bicyclic) bond motifs is 2. The number of hydrogen-bond donors (Lipinski definition) is 2. The van der Waals surface area contributed by atoms with Crippen LogP contribution in [0.25, 0.3) is 0 Å². The number of carbonyl (C=O) groups excluding carboxylic acids is 2. The Morgan fingerprint density at radius 3 is 2.56 bits per heavy atom. The number of carbonyl (C=O) groups is 3. The van der Waals surface area contributed by atoms with Crippen molar-refractivity contribution in [3.05, 3.63) is 0 Å². The topological polar surface area (TPSA) is 95.9 Å². The third kappa shape index (κ3) is 3.60. The largest absolute Gasteiger partial charge is 0.480 e. The molecule has 0 bridgehead atoms. The van der Waals surface area contributed by atoms with Gasteiger partial charge in [-0.2, -0.15) is 0 Å². The van der Waals surface area contributed by atoms with E-state index in [-0.39, 0.29) is 17.4 Å². The second kappa shape index (κ2) is 5.88. The molecule has 1 aliphatic carbocycles. The van der Waals surface area contributed by atoms with Crippen molar-refractivity contribution in [1.29, 1.82) is 0 Å². The molecule has 0 spiro atoms. The summed E-state index contributed by atoms with van der Waals surface area (Å²) in [6.07, 6.45) is 2.98. The number of carboxylic acids is 1. The Labute approximate surface area is 148 Å². The van der Waals surface area contributed by atoms with Crippen molar-refractivity contribution in [3.63, 3.8) is 0 Å². The van der Waals surface area contributed by atoms with Gasteiger partial charge < -0.3 is 20.1 Å². The summed E-state index contributed by atoms with van der Waals surface area (Å²) in [5.74, 6) is -0.859. The number of nitrogens with zero attached hydrogens (tertiary/aromatic N) is 1. The van der Waals surface area contributed by atoms with Crippen LogP contribution in [0.5, 0.6) is 0 Å². The molecule has 2 aliphatic heterocycles. The first-order chi connectivity index (χ1) is 11.5. The number of carboxylic acid groups (broad SMARTS) is 1. The van der Waals surface area contributed by atoms with Crippen LogP contribution < -0.4 is 5.32 Å². The molecule has 3 rings (SSSR count). The second-order valence-electron chi connectivity index (χ2n) is 9.02. The lowest BCUT2D eigenvalue weighted by Gasteiger charge is -2.36. The predicted octanol–water partition coefficient (Wildman–Crippen LogP) is 2.14. The smallest absolute Gasteiger partial charge is 0.408 e. The van der Waals surface area contributed by atoms with Crippen molar-refractivity contribution in [2.24, 2.45) is 11.3 Å². The summed E-state index contributed by atoms with van der Waals surface area (Å²) in [5.41, 5.74) is -0.506. The molecule has 7 nitrogen and oxygen atoms in total. The molecule has 5 atom stereocenters. The van der Waals surface area contributed by atoms with Crippen LogP contribution in [0, 0.1) is 11.3 Å². The van der Waals surface area contributed by atoms with E-state index in [0.29, 0.717) is 25.2 Å². The number of amides is 2. The van der Waals surface area contributed by atoms with E-state index in [4.69, 9.17) is 4.74 Å². The summed E-state index contributed by atoms with van der Waals surface area (Å²) in [6.45, 7) is 7.49. The molecule has 0 radical (unpaired) electrons. The van der Waals surface area contributed by atoms with Crippen LogP contribution in [-0.2, 0) is 14.3 Å². The van der Waals surface area contributed by atoms with Crippen LogP contribution in [0.3, 0.4) is 0 Å². The van der Waals surface area contributed by atoms with Crippen molar-refractivity contribution in [2.45, 2.75) is 83.5 Å². The van der Waals surface area contributed by atoms with Gasteiger partial charge in [0, 0.05) is 6.04 Å². The standard InChI is InChI=1S/C18H28N2O5/c1-17(2,3)25-16(24)19-12-7-10-8-18(10,4)9-11-5-6-13(15(22)23)20(11)14(12)21/h10-13H,5-9H2,1-4H3,(H,19,24)(H,22,23)/t10-,11-,12+,13+,18-/m1/s1. The van der Waals surface area contributed by atoms with Gasteiger partial charge in [-0.05, 0) is 64.2 Å². The summed E-state index contributed by atoms with van der Waals surface area (Å²) in [4.78, 5) is 38.3. The lowest BCUT2D eigenvalue weighted by molar-refractivity contribution is -0.151. The Hall–Kier alpha value is -1.79. The maximum atomic E-state index is 13.1. The lowest BCUT2D eigenvalue weighted by atomic mass is 9.90. The molecule has 2 saturated heterocycles. The zero-order valence-electron chi connectivity index (χ0n) is 15.4. The molecule has 140 valence electrons. The maximum Gasteiger partial charge on any atom is 0.408 e. The first-order valence-corrected chi connectivity index (χ1v) is 9.05. The minimum absolute atomic E-state index is 0.0492. The Morgan fingerprint density at radius 2 is 1.96 bits per heavy atom. The number of ether oxygens (including phenoxy) is 1. The summed E-state index contributed by atoms with van der Waals surface area (Å²) in [6, 6.07) is -1.56. The minimum atomic E-state index is -0.968. The summed E-state index contributed by atoms with van der Waals surface area (Å²) >= 11 is 0. The number of alkyl carbamates (subject to hydrolysis) is 1. The van der Waals surface area contributed by atoms with Crippen molar-refractivity contribution in [3.8, 4) is 0 Å². The normalized spacial score (nSPS) is 37.4. The molecular weight excluding hydrogens is 324 g/mol. The Morgan fingerprint density at radius 1 is 1.28 bits per heavy atom. The highest BCUT2D eigenvalue weighted by Gasteiger charge is 2.57. The number of aliphatic carboxylic acids is 1. The Kier molecular flexibility index (Phi) is 4.24. The maximum absolute atomic E-state index is 13.1. The molecular formula is C18H28N2O5. The molecule has 2 N–H and O–H groups in total. The average molecular weight is 352 g/mol. The van der Waals surface area contributed by atoms with Gasteiger partial charge in [0.1, 0.15) is 17.7 Å². The van der Waals surface area contributed by atoms with Crippen LogP contribution in [0.4, 0.5) is 4.79 Å². The number of rotatable bonds is 2. The van der Waals surface area contributed by atoms with E-state index in [1.165, 1.54) is 4.90 Å². The number of nitrogens with one attached hydrogen (secondary N) is 1. The Bertz CT molecular complexity index is 599. The zero-order valence-corrected chi connectivity index (χ0v) is 15.4. The Balaban J connectivity index is 1.81. The molecule has 3 aliphatic rings. The minimum Gasteiger partial charge on any atom is -0.480 e. The van der Waals surface area contributed by atoms with Gasteiger partial charge in [0.15, 0.2) is 0 Å².